The molecule has 0 amide bonds. The molecule has 0 unspecified atom stereocenters. The molecule has 1 aliphatic rings. The van der Waals surface area contributed by atoms with Crippen LogP contribution in [-0.2, 0) is 0 Å². The molecule has 3 rings (SSSR count). The molecule has 25 heavy (non-hydrogen) atoms. The van der Waals surface area contributed by atoms with Crippen LogP contribution in [0.2, 0.25) is 0 Å². The highest BCUT2D eigenvalue weighted by molar-refractivity contribution is 5.41. The standard InChI is InChI=1S/C18H22N4O3/c1-25-16-7-4-14(5-8-16)17(21-10-2-3-11-21)13-20-18-9-6-15(12-19-18)22(23)24/h4-9,12,17H,2-3,10-11,13H2,1H3,(H,19,20)/t17-/m0/s1. The molecule has 7 heteroatoms. The fraction of sp³-hybridized carbons (Fsp3) is 0.389. The molecule has 2 aromatic rings. The van der Waals surface area contributed by atoms with Crippen molar-refractivity contribution in [3.63, 3.8) is 0 Å². The minimum atomic E-state index is -0.443. The minimum Gasteiger partial charge on any atom is -0.497 e. The molecule has 1 atom stereocenters. The summed E-state index contributed by atoms with van der Waals surface area (Å²) in [6.45, 7) is 2.84. The highest BCUT2D eigenvalue weighted by Crippen LogP contribution is 2.27. The number of anilines is 1. The third kappa shape index (κ3) is 4.24. The van der Waals surface area contributed by atoms with Crippen molar-refractivity contribution >= 4 is 11.5 Å². The van der Waals surface area contributed by atoms with Crippen molar-refractivity contribution in [2.24, 2.45) is 0 Å². The van der Waals surface area contributed by atoms with Gasteiger partial charge in [0.05, 0.1) is 18.1 Å². The molecule has 1 aromatic heterocycles. The monoisotopic (exact) mass is 342 g/mol. The van der Waals surface area contributed by atoms with Gasteiger partial charge < -0.3 is 10.1 Å². The molecule has 0 spiro atoms. The van der Waals surface area contributed by atoms with Crippen molar-refractivity contribution < 1.29 is 9.66 Å². The number of nitro groups is 1. The van der Waals surface area contributed by atoms with E-state index in [1.54, 1.807) is 13.2 Å². The average Bonchev–Trinajstić information content (AvgIpc) is 3.17. The van der Waals surface area contributed by atoms with Gasteiger partial charge in [-0.3, -0.25) is 15.0 Å². The van der Waals surface area contributed by atoms with Gasteiger partial charge in [-0.15, -0.1) is 0 Å². The second-order valence-electron chi connectivity index (χ2n) is 6.07. The van der Waals surface area contributed by atoms with Gasteiger partial charge in [0, 0.05) is 12.6 Å². The summed E-state index contributed by atoms with van der Waals surface area (Å²) in [5.41, 5.74) is 1.22. The molecule has 0 radical (unpaired) electrons. The normalized spacial score (nSPS) is 15.7. The number of likely N-dealkylation sites (tertiary alicyclic amines) is 1. The maximum Gasteiger partial charge on any atom is 0.287 e. The number of hydrogen-bond donors (Lipinski definition) is 1. The predicted octanol–water partition coefficient (Wildman–Crippen LogP) is 3.25. The van der Waals surface area contributed by atoms with Crippen LogP contribution >= 0.6 is 0 Å². The lowest BCUT2D eigenvalue weighted by Gasteiger charge is -2.28. The Kier molecular flexibility index (Phi) is 5.45. The van der Waals surface area contributed by atoms with Crippen LogP contribution < -0.4 is 10.1 Å². The van der Waals surface area contributed by atoms with Crippen molar-refractivity contribution in [1.82, 2.24) is 9.88 Å². The third-order valence-corrected chi connectivity index (χ3v) is 4.52. The highest BCUT2D eigenvalue weighted by Gasteiger charge is 2.23. The van der Waals surface area contributed by atoms with E-state index in [0.29, 0.717) is 12.4 Å². The van der Waals surface area contributed by atoms with E-state index in [1.807, 2.05) is 12.1 Å². The fourth-order valence-corrected chi connectivity index (χ4v) is 3.14. The Balaban J connectivity index is 1.71. The summed E-state index contributed by atoms with van der Waals surface area (Å²) >= 11 is 0. The topological polar surface area (TPSA) is 80.5 Å². The smallest absolute Gasteiger partial charge is 0.287 e. The number of ether oxygens (including phenoxy) is 1. The van der Waals surface area contributed by atoms with Crippen molar-refractivity contribution in [3.8, 4) is 5.75 Å². The van der Waals surface area contributed by atoms with E-state index in [1.165, 1.54) is 30.7 Å². The van der Waals surface area contributed by atoms with Gasteiger partial charge in [-0.25, -0.2) is 4.98 Å². The summed E-state index contributed by atoms with van der Waals surface area (Å²) in [5.74, 6) is 1.48. The van der Waals surface area contributed by atoms with Crippen molar-refractivity contribution in [2.75, 3.05) is 32.1 Å². The van der Waals surface area contributed by atoms with Crippen LogP contribution in [0.15, 0.2) is 42.6 Å². The first-order valence-electron chi connectivity index (χ1n) is 8.39. The van der Waals surface area contributed by atoms with E-state index in [9.17, 15) is 10.1 Å². The average molecular weight is 342 g/mol. The predicted molar refractivity (Wildman–Crippen MR) is 95.9 cm³/mol. The van der Waals surface area contributed by atoms with Crippen molar-refractivity contribution in [1.29, 1.82) is 0 Å². The molecular weight excluding hydrogens is 320 g/mol. The van der Waals surface area contributed by atoms with Crippen LogP contribution in [0.5, 0.6) is 5.75 Å². The zero-order valence-corrected chi connectivity index (χ0v) is 14.2. The third-order valence-electron chi connectivity index (χ3n) is 4.52. The van der Waals surface area contributed by atoms with Gasteiger partial charge in [-0.05, 0) is 49.7 Å². The van der Waals surface area contributed by atoms with Gasteiger partial charge in [0.1, 0.15) is 17.8 Å². The number of rotatable bonds is 7. The van der Waals surface area contributed by atoms with E-state index in [4.69, 9.17) is 4.74 Å². The molecule has 1 fully saturated rings. The lowest BCUT2D eigenvalue weighted by molar-refractivity contribution is -0.385. The maximum atomic E-state index is 10.7. The second kappa shape index (κ2) is 7.94. The van der Waals surface area contributed by atoms with Gasteiger partial charge in [-0.1, -0.05) is 12.1 Å². The Morgan fingerprint density at radius 2 is 1.96 bits per heavy atom. The van der Waals surface area contributed by atoms with Crippen LogP contribution in [0.25, 0.3) is 0 Å². The van der Waals surface area contributed by atoms with Crippen LogP contribution in [0.1, 0.15) is 24.4 Å². The van der Waals surface area contributed by atoms with Crippen LogP contribution in [-0.4, -0.2) is 41.6 Å². The lowest BCUT2D eigenvalue weighted by atomic mass is 10.1. The minimum absolute atomic E-state index is 0.00297. The van der Waals surface area contributed by atoms with Gasteiger partial charge in [-0.2, -0.15) is 0 Å². The van der Waals surface area contributed by atoms with Gasteiger partial charge in [0.15, 0.2) is 0 Å². The van der Waals surface area contributed by atoms with Crippen LogP contribution in [0, 0.1) is 10.1 Å². The number of hydrogen-bond acceptors (Lipinski definition) is 6. The molecule has 1 aromatic carbocycles. The molecule has 0 aliphatic carbocycles. The van der Waals surface area contributed by atoms with E-state index in [2.05, 4.69) is 27.3 Å². The van der Waals surface area contributed by atoms with Crippen molar-refractivity contribution in [3.05, 3.63) is 58.3 Å². The van der Waals surface area contributed by atoms with Gasteiger partial charge >= 0.3 is 0 Å². The summed E-state index contributed by atoms with van der Waals surface area (Å²) in [7, 11) is 1.66. The number of pyridine rings is 1. The Labute approximate surface area is 146 Å². The molecular formula is C18H22N4O3. The number of nitrogens with one attached hydrogen (secondary N) is 1. The first kappa shape index (κ1) is 17.2. The van der Waals surface area contributed by atoms with Crippen molar-refractivity contribution in [2.45, 2.75) is 18.9 Å². The quantitative estimate of drug-likeness (QED) is 0.614. The fourth-order valence-electron chi connectivity index (χ4n) is 3.14. The molecule has 0 bridgehead atoms. The number of nitrogens with zero attached hydrogens (tertiary/aromatic N) is 3. The lowest BCUT2D eigenvalue weighted by Crippen LogP contribution is -2.31. The molecule has 1 N–H and O–H groups in total. The Hall–Kier alpha value is -2.67. The number of benzene rings is 1. The van der Waals surface area contributed by atoms with Crippen LogP contribution in [0.3, 0.4) is 0 Å². The number of aromatic nitrogens is 1. The molecule has 2 heterocycles. The summed E-state index contributed by atoms with van der Waals surface area (Å²) < 4.78 is 5.24. The highest BCUT2D eigenvalue weighted by atomic mass is 16.6. The Morgan fingerprint density at radius 3 is 2.52 bits per heavy atom. The SMILES string of the molecule is COc1ccc([C@H](CNc2ccc([N+](=O)[O-])cn2)N2CCCC2)cc1. The molecule has 0 saturated carbocycles. The maximum absolute atomic E-state index is 10.7. The summed E-state index contributed by atoms with van der Waals surface area (Å²) in [4.78, 5) is 16.9. The number of methoxy groups -OCH3 is 1. The van der Waals surface area contributed by atoms with Gasteiger partial charge in [0.25, 0.3) is 5.69 Å². The van der Waals surface area contributed by atoms with E-state index in [-0.39, 0.29) is 11.7 Å². The zero-order chi connectivity index (χ0) is 17.6. The summed E-state index contributed by atoms with van der Waals surface area (Å²) in [6.07, 6.45) is 3.70. The Bertz CT molecular complexity index is 697. The van der Waals surface area contributed by atoms with E-state index >= 15 is 0 Å². The molecule has 132 valence electrons. The van der Waals surface area contributed by atoms with E-state index < -0.39 is 4.92 Å². The summed E-state index contributed by atoms with van der Waals surface area (Å²) in [6, 6.07) is 11.5. The first-order chi connectivity index (χ1) is 12.2. The second-order valence-corrected chi connectivity index (χ2v) is 6.07. The largest absolute Gasteiger partial charge is 0.497 e. The zero-order valence-electron chi connectivity index (χ0n) is 14.2. The Morgan fingerprint density at radius 1 is 1.24 bits per heavy atom. The van der Waals surface area contributed by atoms with E-state index in [0.717, 1.165) is 18.8 Å². The summed E-state index contributed by atoms with van der Waals surface area (Å²) in [5, 5.41) is 14.0. The molecule has 1 saturated heterocycles. The van der Waals surface area contributed by atoms with Gasteiger partial charge in [0.2, 0.25) is 0 Å². The van der Waals surface area contributed by atoms with Crippen LogP contribution in [0.4, 0.5) is 11.5 Å². The first-order valence-corrected chi connectivity index (χ1v) is 8.39. The molecule has 1 aliphatic heterocycles. The molecule has 7 nitrogen and oxygen atoms in total.